The number of hydrogen-bond acceptors (Lipinski definition) is 3. The molecule has 5 heteroatoms. The zero-order valence-corrected chi connectivity index (χ0v) is 11.1. The fourth-order valence-electron chi connectivity index (χ4n) is 1.90. The molecule has 0 bridgehead atoms. The van der Waals surface area contributed by atoms with E-state index in [4.69, 9.17) is 17.3 Å². The molecule has 1 heterocycles. The normalized spacial score (nSPS) is 12.6. The van der Waals surface area contributed by atoms with E-state index in [2.05, 4.69) is 17.0 Å². The molecule has 1 aromatic carbocycles. The van der Waals surface area contributed by atoms with E-state index in [0.717, 1.165) is 24.4 Å². The highest BCUT2D eigenvalue weighted by Gasteiger charge is 2.12. The monoisotopic (exact) mass is 264 g/mol. The number of hydrogen-bond donors (Lipinski definition) is 1. The molecule has 18 heavy (non-hydrogen) atoms. The topological polar surface area (TPSA) is 56.7 Å². The molecule has 1 unspecified atom stereocenters. The van der Waals surface area contributed by atoms with Crippen molar-refractivity contribution in [3.05, 3.63) is 47.0 Å². The first-order chi connectivity index (χ1) is 8.70. The lowest BCUT2D eigenvalue weighted by atomic mass is 10.0. The zero-order valence-electron chi connectivity index (χ0n) is 10.4. The Kier molecular flexibility index (Phi) is 4.33. The minimum Gasteiger partial charge on any atom is -0.324 e. The third-order valence-corrected chi connectivity index (χ3v) is 3.05. The summed E-state index contributed by atoms with van der Waals surface area (Å²) < 4.78 is 1.91. The Morgan fingerprint density at radius 3 is 3.00 bits per heavy atom. The molecule has 96 valence electrons. The molecule has 0 amide bonds. The van der Waals surface area contributed by atoms with Crippen molar-refractivity contribution in [1.82, 2.24) is 14.8 Å². The Morgan fingerprint density at radius 1 is 1.44 bits per heavy atom. The van der Waals surface area contributed by atoms with Crippen LogP contribution in [0.5, 0.6) is 0 Å². The molecule has 2 aromatic rings. The highest BCUT2D eigenvalue weighted by atomic mass is 35.5. The number of rotatable bonds is 5. The van der Waals surface area contributed by atoms with Crippen LogP contribution in [0, 0.1) is 0 Å². The number of nitrogens with zero attached hydrogens (tertiary/aromatic N) is 3. The van der Waals surface area contributed by atoms with Crippen molar-refractivity contribution in [3.63, 3.8) is 0 Å². The maximum absolute atomic E-state index is 6.18. The van der Waals surface area contributed by atoms with Crippen molar-refractivity contribution in [2.45, 2.75) is 32.4 Å². The molecule has 1 atom stereocenters. The lowest BCUT2D eigenvalue weighted by Gasteiger charge is -2.12. The molecule has 0 aliphatic carbocycles. The van der Waals surface area contributed by atoms with E-state index < -0.39 is 0 Å². The lowest BCUT2D eigenvalue weighted by Crippen LogP contribution is -2.17. The first kappa shape index (κ1) is 13.1. The summed E-state index contributed by atoms with van der Waals surface area (Å²) in [6, 6.07) is 7.53. The second-order valence-corrected chi connectivity index (χ2v) is 4.70. The van der Waals surface area contributed by atoms with Gasteiger partial charge in [0.1, 0.15) is 12.2 Å². The summed E-state index contributed by atoms with van der Waals surface area (Å²) >= 11 is 5.96. The van der Waals surface area contributed by atoms with E-state index in [-0.39, 0.29) is 6.04 Å². The maximum atomic E-state index is 6.18. The highest BCUT2D eigenvalue weighted by Crippen LogP contribution is 2.18. The standard InChI is InChI=1S/C13H17ClN4/c1-2-6-18-13(16-9-17-18)8-12(15)10-4-3-5-11(14)7-10/h3-5,7,9,12H,2,6,8,15H2,1H3. The molecule has 2 rings (SSSR count). The first-order valence-electron chi connectivity index (χ1n) is 6.08. The molecule has 0 saturated heterocycles. The van der Waals surface area contributed by atoms with Crippen molar-refractivity contribution in [2.75, 3.05) is 0 Å². The van der Waals surface area contributed by atoms with Gasteiger partial charge in [0.25, 0.3) is 0 Å². The minimum atomic E-state index is -0.108. The van der Waals surface area contributed by atoms with Crippen molar-refractivity contribution < 1.29 is 0 Å². The highest BCUT2D eigenvalue weighted by molar-refractivity contribution is 6.30. The fraction of sp³-hybridized carbons (Fsp3) is 0.385. The van der Waals surface area contributed by atoms with Gasteiger partial charge in [-0.2, -0.15) is 5.10 Å². The largest absolute Gasteiger partial charge is 0.324 e. The van der Waals surface area contributed by atoms with E-state index in [1.54, 1.807) is 6.33 Å². The SMILES string of the molecule is CCCn1ncnc1CC(N)c1cccc(Cl)c1. The average molecular weight is 265 g/mol. The molecule has 0 aliphatic heterocycles. The van der Waals surface area contributed by atoms with Crippen LogP contribution in [0.3, 0.4) is 0 Å². The van der Waals surface area contributed by atoms with Gasteiger partial charge < -0.3 is 5.73 Å². The van der Waals surface area contributed by atoms with Crippen molar-refractivity contribution in [2.24, 2.45) is 5.73 Å². The summed E-state index contributed by atoms with van der Waals surface area (Å²) in [5.74, 6) is 0.921. The number of nitrogens with two attached hydrogens (primary N) is 1. The van der Waals surface area contributed by atoms with Crippen LogP contribution in [-0.2, 0) is 13.0 Å². The Labute approximate surface area is 112 Å². The molecule has 0 aliphatic rings. The lowest BCUT2D eigenvalue weighted by molar-refractivity contribution is 0.548. The summed E-state index contributed by atoms with van der Waals surface area (Å²) in [6.07, 6.45) is 3.28. The predicted molar refractivity (Wildman–Crippen MR) is 72.4 cm³/mol. The van der Waals surface area contributed by atoms with Gasteiger partial charge in [0, 0.05) is 24.0 Å². The van der Waals surface area contributed by atoms with Crippen molar-refractivity contribution in [3.8, 4) is 0 Å². The summed E-state index contributed by atoms with van der Waals surface area (Å²) in [6.45, 7) is 2.99. The Hall–Kier alpha value is -1.39. The molecule has 0 spiro atoms. The van der Waals surface area contributed by atoms with E-state index in [1.165, 1.54) is 0 Å². The van der Waals surface area contributed by atoms with Crippen LogP contribution in [-0.4, -0.2) is 14.8 Å². The van der Waals surface area contributed by atoms with Gasteiger partial charge >= 0.3 is 0 Å². The Bertz CT molecular complexity index is 509. The van der Waals surface area contributed by atoms with Gasteiger partial charge in [0.2, 0.25) is 0 Å². The van der Waals surface area contributed by atoms with Crippen LogP contribution in [0.25, 0.3) is 0 Å². The summed E-state index contributed by atoms with van der Waals surface area (Å²) in [5, 5.41) is 4.90. The van der Waals surface area contributed by atoms with Gasteiger partial charge in [-0.05, 0) is 24.1 Å². The van der Waals surface area contributed by atoms with Crippen LogP contribution < -0.4 is 5.73 Å². The van der Waals surface area contributed by atoms with E-state index in [1.807, 2.05) is 28.9 Å². The van der Waals surface area contributed by atoms with Crippen LogP contribution in [0.1, 0.15) is 30.8 Å². The molecule has 0 radical (unpaired) electrons. The summed E-state index contributed by atoms with van der Waals surface area (Å²) in [7, 11) is 0. The van der Waals surface area contributed by atoms with E-state index in [9.17, 15) is 0 Å². The molecule has 0 saturated carbocycles. The van der Waals surface area contributed by atoms with Crippen LogP contribution in [0.15, 0.2) is 30.6 Å². The molecular formula is C13H17ClN4. The summed E-state index contributed by atoms with van der Waals surface area (Å²) in [5.41, 5.74) is 7.20. The van der Waals surface area contributed by atoms with Gasteiger partial charge in [0.05, 0.1) is 0 Å². The molecular weight excluding hydrogens is 248 g/mol. The van der Waals surface area contributed by atoms with Gasteiger partial charge in [-0.25, -0.2) is 4.98 Å². The minimum absolute atomic E-state index is 0.108. The molecule has 0 fully saturated rings. The maximum Gasteiger partial charge on any atom is 0.138 e. The van der Waals surface area contributed by atoms with Crippen molar-refractivity contribution in [1.29, 1.82) is 0 Å². The summed E-state index contributed by atoms with van der Waals surface area (Å²) in [4.78, 5) is 4.26. The second-order valence-electron chi connectivity index (χ2n) is 4.27. The third-order valence-electron chi connectivity index (χ3n) is 2.81. The molecule has 2 N–H and O–H groups in total. The molecule has 4 nitrogen and oxygen atoms in total. The van der Waals surface area contributed by atoms with Crippen LogP contribution in [0.4, 0.5) is 0 Å². The average Bonchev–Trinajstić information content (AvgIpc) is 2.77. The molecule has 1 aromatic heterocycles. The quantitative estimate of drug-likeness (QED) is 0.903. The predicted octanol–water partition coefficient (Wildman–Crippen LogP) is 2.58. The van der Waals surface area contributed by atoms with Gasteiger partial charge in [-0.3, -0.25) is 4.68 Å². The zero-order chi connectivity index (χ0) is 13.0. The van der Waals surface area contributed by atoms with E-state index in [0.29, 0.717) is 11.4 Å². The van der Waals surface area contributed by atoms with Crippen LogP contribution >= 0.6 is 11.6 Å². The Morgan fingerprint density at radius 2 is 2.28 bits per heavy atom. The first-order valence-corrected chi connectivity index (χ1v) is 6.46. The van der Waals surface area contributed by atoms with Gasteiger partial charge in [0.15, 0.2) is 0 Å². The van der Waals surface area contributed by atoms with Gasteiger partial charge in [-0.1, -0.05) is 30.7 Å². The number of halogens is 1. The number of aryl methyl sites for hydroxylation is 1. The second kappa shape index (κ2) is 5.98. The third kappa shape index (κ3) is 3.09. The van der Waals surface area contributed by atoms with E-state index >= 15 is 0 Å². The van der Waals surface area contributed by atoms with Gasteiger partial charge in [-0.15, -0.1) is 0 Å². The number of benzene rings is 1. The smallest absolute Gasteiger partial charge is 0.138 e. The Balaban J connectivity index is 2.11. The van der Waals surface area contributed by atoms with Crippen LogP contribution in [0.2, 0.25) is 5.02 Å². The number of aromatic nitrogens is 3. The van der Waals surface area contributed by atoms with Crippen molar-refractivity contribution >= 4 is 11.6 Å². The fourth-order valence-corrected chi connectivity index (χ4v) is 2.10.